The molecule has 0 radical (unpaired) electrons. The summed E-state index contributed by atoms with van der Waals surface area (Å²) in [5.74, 6) is 0.603. The minimum atomic E-state index is -0.292. The highest BCUT2D eigenvalue weighted by Crippen LogP contribution is 2.17. The molecule has 1 aliphatic carbocycles. The first-order chi connectivity index (χ1) is 10.0. The van der Waals surface area contributed by atoms with Gasteiger partial charge in [0.15, 0.2) is 5.82 Å². The van der Waals surface area contributed by atoms with Crippen LogP contribution < -0.4 is 10.6 Å². The normalized spacial score (nSPS) is 15.1. The number of hydrogen-bond donors (Lipinski definition) is 2. The van der Waals surface area contributed by atoms with Crippen LogP contribution in [0.1, 0.15) is 31.4 Å². The second-order valence-electron chi connectivity index (χ2n) is 5.48. The Labute approximate surface area is 124 Å². The lowest BCUT2D eigenvalue weighted by Gasteiger charge is -2.18. The molecule has 2 amide bonds. The molecule has 21 heavy (non-hydrogen) atoms. The summed E-state index contributed by atoms with van der Waals surface area (Å²) >= 11 is 0. The number of nitrogens with one attached hydrogen (secondary N) is 2. The Morgan fingerprint density at radius 1 is 1.43 bits per heavy atom. The number of carbonyl (C=O) groups is 2. The van der Waals surface area contributed by atoms with E-state index in [-0.39, 0.29) is 24.9 Å². The molecule has 1 heterocycles. The van der Waals surface area contributed by atoms with E-state index >= 15 is 0 Å². The molecule has 0 aliphatic heterocycles. The van der Waals surface area contributed by atoms with E-state index < -0.39 is 0 Å². The Kier molecular flexibility index (Phi) is 5.32. The highest BCUT2D eigenvalue weighted by atomic mass is 16.5. The zero-order valence-electron chi connectivity index (χ0n) is 12.5. The zero-order valence-corrected chi connectivity index (χ0v) is 12.5. The summed E-state index contributed by atoms with van der Waals surface area (Å²) in [6.07, 6.45) is 4.70. The van der Waals surface area contributed by atoms with Gasteiger partial charge in [0.2, 0.25) is 11.8 Å². The lowest BCUT2D eigenvalue weighted by atomic mass is 10.2. The first kappa shape index (κ1) is 15.5. The summed E-state index contributed by atoms with van der Waals surface area (Å²) in [5, 5.41) is 9.50. The SMILES string of the molecule is Cc1cc(NC(=O)CN(C)C(=O)CNC2CCCC2)no1. The van der Waals surface area contributed by atoms with Crippen molar-refractivity contribution in [3.63, 3.8) is 0 Å². The topological polar surface area (TPSA) is 87.5 Å². The molecule has 0 saturated heterocycles. The fraction of sp³-hybridized carbons (Fsp3) is 0.643. The van der Waals surface area contributed by atoms with Gasteiger partial charge in [-0.25, -0.2) is 0 Å². The number of anilines is 1. The molecule has 1 saturated carbocycles. The Morgan fingerprint density at radius 2 is 2.14 bits per heavy atom. The predicted octanol–water partition coefficient (Wildman–Crippen LogP) is 0.912. The third-order valence-corrected chi connectivity index (χ3v) is 3.60. The van der Waals surface area contributed by atoms with Crippen LogP contribution in [0, 0.1) is 6.92 Å². The van der Waals surface area contributed by atoms with E-state index in [1.807, 2.05) is 0 Å². The summed E-state index contributed by atoms with van der Waals surface area (Å²) in [6.45, 7) is 2.02. The summed E-state index contributed by atoms with van der Waals surface area (Å²) in [6, 6.07) is 2.07. The average Bonchev–Trinajstić information content (AvgIpc) is 3.07. The van der Waals surface area contributed by atoms with Crippen molar-refractivity contribution >= 4 is 17.6 Å². The summed E-state index contributed by atoms with van der Waals surface area (Å²) in [7, 11) is 1.62. The van der Waals surface area contributed by atoms with E-state index in [1.54, 1.807) is 20.0 Å². The summed E-state index contributed by atoms with van der Waals surface area (Å²) in [5.41, 5.74) is 0. The van der Waals surface area contributed by atoms with Crippen molar-refractivity contribution in [3.05, 3.63) is 11.8 Å². The Balaban J connectivity index is 1.70. The largest absolute Gasteiger partial charge is 0.360 e. The summed E-state index contributed by atoms with van der Waals surface area (Å²) < 4.78 is 4.86. The first-order valence-corrected chi connectivity index (χ1v) is 7.25. The lowest BCUT2D eigenvalue weighted by molar-refractivity contribution is -0.132. The molecule has 0 unspecified atom stereocenters. The molecular formula is C14H22N4O3. The number of carbonyl (C=O) groups excluding carboxylic acids is 2. The highest BCUT2D eigenvalue weighted by molar-refractivity contribution is 5.93. The van der Waals surface area contributed by atoms with E-state index in [1.165, 1.54) is 17.7 Å². The molecule has 0 atom stereocenters. The molecule has 1 aromatic heterocycles. The van der Waals surface area contributed by atoms with E-state index in [2.05, 4.69) is 15.8 Å². The molecule has 2 N–H and O–H groups in total. The second kappa shape index (κ2) is 7.21. The fourth-order valence-electron chi connectivity index (χ4n) is 2.41. The van der Waals surface area contributed by atoms with Crippen LogP contribution in [-0.2, 0) is 9.59 Å². The molecule has 116 valence electrons. The highest BCUT2D eigenvalue weighted by Gasteiger charge is 2.18. The molecule has 1 fully saturated rings. The second-order valence-corrected chi connectivity index (χ2v) is 5.48. The van der Waals surface area contributed by atoms with Crippen molar-refractivity contribution in [2.45, 2.75) is 38.6 Å². The van der Waals surface area contributed by atoms with Crippen LogP contribution in [0.2, 0.25) is 0 Å². The van der Waals surface area contributed by atoms with Crippen LogP contribution in [0.4, 0.5) is 5.82 Å². The van der Waals surface area contributed by atoms with Gasteiger partial charge in [-0.05, 0) is 19.8 Å². The molecule has 0 spiro atoms. The van der Waals surface area contributed by atoms with Gasteiger partial charge in [0.25, 0.3) is 0 Å². The Hall–Kier alpha value is -1.89. The van der Waals surface area contributed by atoms with Crippen molar-refractivity contribution in [3.8, 4) is 0 Å². The van der Waals surface area contributed by atoms with Crippen molar-refractivity contribution in [2.24, 2.45) is 0 Å². The van der Waals surface area contributed by atoms with Crippen LogP contribution in [0.15, 0.2) is 10.6 Å². The van der Waals surface area contributed by atoms with E-state index in [4.69, 9.17) is 4.52 Å². The van der Waals surface area contributed by atoms with Crippen LogP contribution in [0.3, 0.4) is 0 Å². The average molecular weight is 294 g/mol. The monoisotopic (exact) mass is 294 g/mol. The van der Waals surface area contributed by atoms with Gasteiger partial charge < -0.3 is 20.1 Å². The van der Waals surface area contributed by atoms with Crippen LogP contribution >= 0.6 is 0 Å². The maximum Gasteiger partial charge on any atom is 0.245 e. The van der Waals surface area contributed by atoms with Crippen molar-refractivity contribution in [2.75, 3.05) is 25.5 Å². The quantitative estimate of drug-likeness (QED) is 0.814. The number of aryl methyl sites for hydroxylation is 1. The van der Waals surface area contributed by atoms with Crippen molar-refractivity contribution in [1.29, 1.82) is 0 Å². The number of aromatic nitrogens is 1. The maximum atomic E-state index is 11.9. The standard InChI is InChI=1S/C14H22N4O3/c1-10-7-12(17-21-10)16-13(19)9-18(2)14(20)8-15-11-5-3-4-6-11/h7,11,15H,3-6,8-9H2,1-2H3,(H,16,17,19). The molecular weight excluding hydrogens is 272 g/mol. The number of rotatable bonds is 6. The van der Waals surface area contributed by atoms with Gasteiger partial charge in [-0.1, -0.05) is 18.0 Å². The van der Waals surface area contributed by atoms with Gasteiger partial charge in [0, 0.05) is 19.2 Å². The van der Waals surface area contributed by atoms with Gasteiger partial charge in [-0.2, -0.15) is 0 Å². The predicted molar refractivity (Wildman–Crippen MR) is 77.8 cm³/mol. The smallest absolute Gasteiger partial charge is 0.245 e. The lowest BCUT2D eigenvalue weighted by Crippen LogP contribution is -2.42. The fourth-order valence-corrected chi connectivity index (χ4v) is 2.41. The summed E-state index contributed by atoms with van der Waals surface area (Å²) in [4.78, 5) is 25.1. The molecule has 1 aromatic rings. The third-order valence-electron chi connectivity index (χ3n) is 3.60. The van der Waals surface area contributed by atoms with E-state index in [0.717, 1.165) is 12.8 Å². The third kappa shape index (κ3) is 4.86. The van der Waals surface area contributed by atoms with Crippen molar-refractivity contribution < 1.29 is 14.1 Å². The number of hydrogen-bond acceptors (Lipinski definition) is 5. The molecule has 7 heteroatoms. The van der Waals surface area contributed by atoms with Gasteiger partial charge in [-0.3, -0.25) is 9.59 Å². The molecule has 7 nitrogen and oxygen atoms in total. The number of likely N-dealkylation sites (N-methyl/N-ethyl adjacent to an activating group) is 1. The Bertz CT molecular complexity index is 494. The minimum Gasteiger partial charge on any atom is -0.360 e. The van der Waals surface area contributed by atoms with Gasteiger partial charge >= 0.3 is 0 Å². The van der Waals surface area contributed by atoms with E-state index in [0.29, 0.717) is 17.6 Å². The van der Waals surface area contributed by atoms with Gasteiger partial charge in [-0.15, -0.1) is 0 Å². The number of amides is 2. The first-order valence-electron chi connectivity index (χ1n) is 7.25. The molecule has 2 rings (SSSR count). The minimum absolute atomic E-state index is 0.00289. The van der Waals surface area contributed by atoms with Crippen LogP contribution in [0.5, 0.6) is 0 Å². The van der Waals surface area contributed by atoms with Crippen LogP contribution in [-0.4, -0.2) is 48.0 Å². The van der Waals surface area contributed by atoms with Crippen LogP contribution in [0.25, 0.3) is 0 Å². The molecule has 0 aromatic carbocycles. The Morgan fingerprint density at radius 3 is 2.76 bits per heavy atom. The maximum absolute atomic E-state index is 11.9. The van der Waals surface area contributed by atoms with Gasteiger partial charge in [0.05, 0.1) is 13.1 Å². The molecule has 0 bridgehead atoms. The molecule has 1 aliphatic rings. The van der Waals surface area contributed by atoms with E-state index in [9.17, 15) is 9.59 Å². The van der Waals surface area contributed by atoms with Crippen molar-refractivity contribution in [1.82, 2.24) is 15.4 Å². The zero-order chi connectivity index (χ0) is 15.2. The van der Waals surface area contributed by atoms with Gasteiger partial charge in [0.1, 0.15) is 5.76 Å². The number of nitrogens with zero attached hydrogens (tertiary/aromatic N) is 2.